The number of para-hydroxylation sites is 1. The summed E-state index contributed by atoms with van der Waals surface area (Å²) >= 11 is 0. The predicted molar refractivity (Wildman–Crippen MR) is 99.5 cm³/mol. The molecule has 6 nitrogen and oxygen atoms in total. The molecule has 0 saturated heterocycles. The number of benzene rings is 2. The maximum atomic E-state index is 12.1. The third-order valence-electron chi connectivity index (χ3n) is 4.67. The van der Waals surface area contributed by atoms with Crippen molar-refractivity contribution in [3.63, 3.8) is 0 Å². The zero-order chi connectivity index (χ0) is 18.8. The van der Waals surface area contributed by atoms with Crippen molar-refractivity contribution >= 4 is 23.3 Å². The third kappa shape index (κ3) is 3.22. The number of phenols is 1. The van der Waals surface area contributed by atoms with E-state index in [0.29, 0.717) is 5.69 Å². The van der Waals surface area contributed by atoms with E-state index in [0.717, 1.165) is 17.7 Å². The number of ether oxygens (including phenoxy) is 1. The topological polar surface area (TPSA) is 78.9 Å². The van der Waals surface area contributed by atoms with E-state index in [1.165, 1.54) is 13.2 Å². The van der Waals surface area contributed by atoms with Crippen molar-refractivity contribution in [1.29, 1.82) is 0 Å². The molecule has 0 fully saturated rings. The minimum atomic E-state index is -0.591. The highest BCUT2D eigenvalue weighted by Crippen LogP contribution is 2.39. The van der Waals surface area contributed by atoms with Crippen LogP contribution >= 0.6 is 0 Å². The second kappa shape index (κ2) is 7.07. The molecule has 0 aliphatic carbocycles. The van der Waals surface area contributed by atoms with E-state index in [2.05, 4.69) is 5.32 Å². The molecule has 3 rings (SSSR count). The average Bonchev–Trinajstić information content (AvgIpc) is 2.62. The van der Waals surface area contributed by atoms with Gasteiger partial charge in [0.1, 0.15) is 11.3 Å². The van der Waals surface area contributed by atoms with Gasteiger partial charge in [-0.1, -0.05) is 18.2 Å². The summed E-state index contributed by atoms with van der Waals surface area (Å²) in [4.78, 5) is 25.7. The summed E-state index contributed by atoms with van der Waals surface area (Å²) in [6.45, 7) is 3.59. The molecule has 0 saturated carbocycles. The number of aromatic hydroxyl groups is 1. The fourth-order valence-corrected chi connectivity index (χ4v) is 3.53. The minimum Gasteiger partial charge on any atom is -0.507 e. The zero-order valence-electron chi connectivity index (χ0n) is 15.0. The summed E-state index contributed by atoms with van der Waals surface area (Å²) in [5, 5.41) is 13.3. The maximum Gasteiger partial charge on any atom is 0.341 e. The number of nitrogens with zero attached hydrogens (tertiary/aromatic N) is 1. The van der Waals surface area contributed by atoms with Crippen LogP contribution in [-0.4, -0.2) is 30.1 Å². The molecule has 2 N–H and O–H groups in total. The number of fused-ring (bicyclic) bond motifs is 1. The van der Waals surface area contributed by atoms with Crippen LogP contribution in [0, 0.1) is 0 Å². The van der Waals surface area contributed by atoms with Gasteiger partial charge in [0, 0.05) is 24.3 Å². The first-order chi connectivity index (χ1) is 12.4. The number of hydrogen-bond donors (Lipinski definition) is 2. The molecule has 2 aromatic rings. The van der Waals surface area contributed by atoms with Crippen LogP contribution < -0.4 is 10.2 Å². The van der Waals surface area contributed by atoms with Crippen LogP contribution in [0.4, 0.5) is 11.4 Å². The summed E-state index contributed by atoms with van der Waals surface area (Å²) in [5.41, 5.74) is 2.73. The van der Waals surface area contributed by atoms with E-state index in [9.17, 15) is 14.7 Å². The Kier molecular flexibility index (Phi) is 4.84. The molecule has 1 aliphatic rings. The predicted octanol–water partition coefficient (Wildman–Crippen LogP) is 3.48. The van der Waals surface area contributed by atoms with E-state index in [4.69, 9.17) is 4.74 Å². The van der Waals surface area contributed by atoms with Crippen molar-refractivity contribution in [3.05, 3.63) is 53.6 Å². The lowest BCUT2D eigenvalue weighted by molar-refractivity contribution is -0.117. The van der Waals surface area contributed by atoms with Crippen LogP contribution in [0.25, 0.3) is 0 Å². The minimum absolute atomic E-state index is 0.0148. The largest absolute Gasteiger partial charge is 0.507 e. The number of nitrogens with one attached hydrogen (secondary N) is 1. The zero-order valence-corrected chi connectivity index (χ0v) is 15.0. The van der Waals surface area contributed by atoms with Crippen molar-refractivity contribution in [2.45, 2.75) is 32.4 Å². The molecule has 136 valence electrons. The van der Waals surface area contributed by atoms with Crippen LogP contribution in [0.15, 0.2) is 42.5 Å². The lowest BCUT2D eigenvalue weighted by atomic mass is 9.91. The fraction of sp³-hybridized carbons (Fsp3) is 0.300. The highest BCUT2D eigenvalue weighted by Gasteiger charge is 2.32. The van der Waals surface area contributed by atoms with Crippen LogP contribution in [-0.2, 0) is 9.53 Å². The number of esters is 1. The van der Waals surface area contributed by atoms with Crippen LogP contribution in [0.5, 0.6) is 5.75 Å². The number of methoxy groups -OCH3 is 1. The van der Waals surface area contributed by atoms with E-state index >= 15 is 0 Å². The molecule has 1 aliphatic heterocycles. The molecule has 1 amide bonds. The molecule has 2 unspecified atom stereocenters. The molecule has 2 aromatic carbocycles. The summed E-state index contributed by atoms with van der Waals surface area (Å²) in [6.07, 6.45) is 0.727. The van der Waals surface area contributed by atoms with Crippen molar-refractivity contribution < 1.29 is 19.4 Å². The highest BCUT2D eigenvalue weighted by atomic mass is 16.5. The molecular weight excluding hydrogens is 332 g/mol. The molecule has 0 aromatic heterocycles. The first kappa shape index (κ1) is 17.8. The lowest BCUT2D eigenvalue weighted by Gasteiger charge is -2.39. The molecule has 0 bridgehead atoms. The van der Waals surface area contributed by atoms with Gasteiger partial charge >= 0.3 is 5.97 Å². The lowest BCUT2D eigenvalue weighted by Crippen LogP contribution is -2.43. The van der Waals surface area contributed by atoms with E-state index in [1.807, 2.05) is 36.1 Å². The number of phenolic OH excluding ortho intramolecular Hbond substituents is 1. The number of rotatable bonds is 3. The second-order valence-electron chi connectivity index (χ2n) is 6.45. The highest BCUT2D eigenvalue weighted by molar-refractivity contribution is 5.94. The number of hydrogen-bond acceptors (Lipinski definition) is 5. The van der Waals surface area contributed by atoms with Gasteiger partial charge in [0.25, 0.3) is 0 Å². The van der Waals surface area contributed by atoms with Crippen molar-refractivity contribution in [1.82, 2.24) is 0 Å². The monoisotopic (exact) mass is 354 g/mol. The summed E-state index contributed by atoms with van der Waals surface area (Å²) < 4.78 is 4.70. The van der Waals surface area contributed by atoms with Crippen molar-refractivity contribution in [2.24, 2.45) is 0 Å². The van der Waals surface area contributed by atoms with Gasteiger partial charge in [0.15, 0.2) is 0 Å². The summed E-state index contributed by atoms with van der Waals surface area (Å²) in [5.74, 6) is -0.699. The smallest absolute Gasteiger partial charge is 0.341 e. The Morgan fingerprint density at radius 3 is 2.65 bits per heavy atom. The van der Waals surface area contributed by atoms with Gasteiger partial charge in [-0.15, -0.1) is 0 Å². The van der Waals surface area contributed by atoms with Gasteiger partial charge in [0.05, 0.1) is 13.2 Å². The Bertz CT molecular complexity index is 849. The first-order valence-corrected chi connectivity index (χ1v) is 8.49. The summed E-state index contributed by atoms with van der Waals surface area (Å²) in [7, 11) is 1.28. The fourth-order valence-electron chi connectivity index (χ4n) is 3.53. The number of carbonyl (C=O) groups is 2. The normalized spacial score (nSPS) is 18.8. The van der Waals surface area contributed by atoms with Crippen LogP contribution in [0.1, 0.15) is 42.2 Å². The standard InChI is InChI=1S/C20H22N2O4/c1-12-10-17(15-6-4-5-7-18(15)22(12)13(2)23)21-14-8-9-19(24)16(11-14)20(25)26-3/h4-9,11-12,17,21,24H,10H2,1-3H3. The Balaban J connectivity index is 1.94. The van der Waals surface area contributed by atoms with Gasteiger partial charge < -0.3 is 20.1 Å². The van der Waals surface area contributed by atoms with Crippen LogP contribution in [0.2, 0.25) is 0 Å². The van der Waals surface area contributed by atoms with Crippen LogP contribution in [0.3, 0.4) is 0 Å². The van der Waals surface area contributed by atoms with E-state index in [1.54, 1.807) is 19.1 Å². The molecule has 1 heterocycles. The van der Waals surface area contributed by atoms with Gasteiger partial charge in [-0.2, -0.15) is 0 Å². The third-order valence-corrected chi connectivity index (χ3v) is 4.67. The number of amides is 1. The Hall–Kier alpha value is -3.02. The summed E-state index contributed by atoms with van der Waals surface area (Å²) in [6, 6.07) is 12.6. The number of anilines is 2. The SMILES string of the molecule is COC(=O)c1cc(NC2CC(C)N(C(C)=O)c3ccccc32)ccc1O. The Labute approximate surface area is 152 Å². The van der Waals surface area contributed by atoms with Gasteiger partial charge in [-0.05, 0) is 43.2 Å². The van der Waals surface area contributed by atoms with Crippen molar-refractivity contribution in [2.75, 3.05) is 17.3 Å². The molecular formula is C20H22N2O4. The molecule has 6 heteroatoms. The Morgan fingerprint density at radius 2 is 1.96 bits per heavy atom. The molecule has 26 heavy (non-hydrogen) atoms. The average molecular weight is 354 g/mol. The molecule has 0 spiro atoms. The van der Waals surface area contributed by atoms with Crippen molar-refractivity contribution in [3.8, 4) is 5.75 Å². The van der Waals surface area contributed by atoms with Gasteiger partial charge in [0.2, 0.25) is 5.91 Å². The molecule has 2 atom stereocenters. The van der Waals surface area contributed by atoms with Gasteiger partial charge in [-0.3, -0.25) is 4.79 Å². The maximum absolute atomic E-state index is 12.1. The van der Waals surface area contributed by atoms with Gasteiger partial charge in [-0.25, -0.2) is 4.79 Å². The molecule has 0 radical (unpaired) electrons. The first-order valence-electron chi connectivity index (χ1n) is 8.49. The Morgan fingerprint density at radius 1 is 1.23 bits per heavy atom. The van der Waals surface area contributed by atoms with E-state index < -0.39 is 5.97 Å². The number of carbonyl (C=O) groups excluding carboxylic acids is 2. The quantitative estimate of drug-likeness (QED) is 0.652. The second-order valence-corrected chi connectivity index (χ2v) is 6.45. The van der Waals surface area contributed by atoms with E-state index in [-0.39, 0.29) is 29.3 Å².